The maximum atomic E-state index is 11.9. The summed E-state index contributed by atoms with van der Waals surface area (Å²) < 4.78 is 11.1. The van der Waals surface area contributed by atoms with Crippen LogP contribution in [0.3, 0.4) is 0 Å². The number of aryl methyl sites for hydroxylation is 2. The van der Waals surface area contributed by atoms with Gasteiger partial charge in [-0.25, -0.2) is 5.43 Å². The van der Waals surface area contributed by atoms with Crippen molar-refractivity contribution in [3.63, 3.8) is 0 Å². The van der Waals surface area contributed by atoms with Crippen LogP contribution in [0.5, 0.6) is 5.75 Å². The Morgan fingerprint density at radius 2 is 1.93 bits per heavy atom. The number of nitro groups is 1. The van der Waals surface area contributed by atoms with E-state index in [4.69, 9.17) is 9.15 Å². The lowest BCUT2D eigenvalue weighted by Gasteiger charge is -2.08. The number of carbonyl (C=O) groups excluding carboxylic acids is 1. The van der Waals surface area contributed by atoms with Gasteiger partial charge in [-0.3, -0.25) is 14.9 Å². The molecule has 0 aliphatic rings. The van der Waals surface area contributed by atoms with Gasteiger partial charge >= 0.3 is 0 Å². The van der Waals surface area contributed by atoms with E-state index in [0.29, 0.717) is 22.8 Å². The molecular weight excluding hydrogens is 374 g/mol. The normalized spacial score (nSPS) is 10.8. The van der Waals surface area contributed by atoms with E-state index in [2.05, 4.69) is 10.5 Å². The van der Waals surface area contributed by atoms with Crippen molar-refractivity contribution in [1.82, 2.24) is 5.43 Å². The molecular formula is C21H19N3O5. The molecule has 1 aromatic heterocycles. The largest absolute Gasteiger partial charge is 0.483 e. The molecule has 0 fully saturated rings. The van der Waals surface area contributed by atoms with E-state index in [1.54, 1.807) is 24.3 Å². The molecule has 0 saturated heterocycles. The third-order valence-corrected chi connectivity index (χ3v) is 4.07. The van der Waals surface area contributed by atoms with Crippen LogP contribution in [0.2, 0.25) is 0 Å². The van der Waals surface area contributed by atoms with Gasteiger partial charge in [-0.2, -0.15) is 5.10 Å². The summed E-state index contributed by atoms with van der Waals surface area (Å²) in [4.78, 5) is 22.1. The zero-order chi connectivity index (χ0) is 20.8. The summed E-state index contributed by atoms with van der Waals surface area (Å²) in [7, 11) is 0. The smallest absolute Gasteiger partial charge is 0.277 e. The zero-order valence-corrected chi connectivity index (χ0v) is 15.9. The number of nitrogens with zero attached hydrogens (tertiary/aromatic N) is 2. The number of hydrazone groups is 1. The number of hydrogen-bond donors (Lipinski definition) is 1. The number of nitrogens with one attached hydrogen (secondary N) is 1. The first kappa shape index (κ1) is 19.8. The van der Waals surface area contributed by atoms with E-state index in [-0.39, 0.29) is 12.3 Å². The Kier molecular flexibility index (Phi) is 6.03. The average molecular weight is 393 g/mol. The lowest BCUT2D eigenvalue weighted by Crippen LogP contribution is -2.24. The molecule has 3 rings (SSSR count). The third kappa shape index (κ3) is 5.29. The molecule has 0 radical (unpaired) electrons. The molecule has 8 heteroatoms. The van der Waals surface area contributed by atoms with E-state index in [1.165, 1.54) is 18.3 Å². The molecule has 0 spiro atoms. The van der Waals surface area contributed by atoms with Crippen LogP contribution < -0.4 is 10.2 Å². The maximum Gasteiger partial charge on any atom is 0.277 e. The van der Waals surface area contributed by atoms with Crippen molar-refractivity contribution >= 4 is 17.8 Å². The monoisotopic (exact) mass is 393 g/mol. The molecule has 8 nitrogen and oxygen atoms in total. The van der Waals surface area contributed by atoms with Gasteiger partial charge in [0.15, 0.2) is 6.61 Å². The van der Waals surface area contributed by atoms with Gasteiger partial charge < -0.3 is 9.15 Å². The Hall–Kier alpha value is -3.94. The van der Waals surface area contributed by atoms with E-state index in [1.807, 2.05) is 32.0 Å². The predicted molar refractivity (Wildman–Crippen MR) is 108 cm³/mol. The Morgan fingerprint density at radius 1 is 1.17 bits per heavy atom. The standard InChI is InChI=1S/C21H19N3O5/c1-14-3-4-15(2)20(11-14)28-13-21(25)23-22-12-18-9-10-19(29-18)16-5-7-17(8-6-16)24(26)27/h3-12H,13H2,1-2H3,(H,23,25). The van der Waals surface area contributed by atoms with Crippen molar-refractivity contribution in [2.24, 2.45) is 5.10 Å². The Balaban J connectivity index is 1.53. The molecule has 2 aromatic carbocycles. The van der Waals surface area contributed by atoms with Crippen LogP contribution >= 0.6 is 0 Å². The Morgan fingerprint density at radius 3 is 2.66 bits per heavy atom. The number of furan rings is 1. The van der Waals surface area contributed by atoms with Crippen LogP contribution in [-0.2, 0) is 4.79 Å². The quantitative estimate of drug-likeness (QED) is 0.371. The predicted octanol–water partition coefficient (Wildman–Crippen LogP) is 4.00. The number of ether oxygens (including phenoxy) is 1. The summed E-state index contributed by atoms with van der Waals surface area (Å²) in [5, 5.41) is 14.6. The van der Waals surface area contributed by atoms with Crippen LogP contribution in [0, 0.1) is 24.0 Å². The van der Waals surface area contributed by atoms with Crippen LogP contribution in [0.1, 0.15) is 16.9 Å². The first-order chi connectivity index (χ1) is 13.9. The second kappa shape index (κ2) is 8.83. The highest BCUT2D eigenvalue weighted by atomic mass is 16.6. The van der Waals surface area contributed by atoms with Crippen molar-refractivity contribution in [3.05, 3.63) is 81.6 Å². The van der Waals surface area contributed by atoms with Gasteiger partial charge in [-0.05, 0) is 55.3 Å². The third-order valence-electron chi connectivity index (χ3n) is 4.07. The van der Waals surface area contributed by atoms with Crippen LogP contribution in [0.15, 0.2) is 64.1 Å². The zero-order valence-electron chi connectivity index (χ0n) is 15.9. The second-order valence-electron chi connectivity index (χ2n) is 6.36. The molecule has 0 atom stereocenters. The van der Waals surface area contributed by atoms with Gasteiger partial charge in [0.25, 0.3) is 11.6 Å². The average Bonchev–Trinajstić information content (AvgIpc) is 3.17. The number of benzene rings is 2. The minimum atomic E-state index is -0.462. The summed E-state index contributed by atoms with van der Waals surface area (Å²) in [6, 6.07) is 15.2. The SMILES string of the molecule is Cc1ccc(C)c(OCC(=O)NN=Cc2ccc(-c3ccc([N+](=O)[O-])cc3)o2)c1. The highest BCUT2D eigenvalue weighted by Gasteiger charge is 2.08. The van der Waals surface area contributed by atoms with Crippen LogP contribution in [0.25, 0.3) is 11.3 Å². The maximum absolute atomic E-state index is 11.9. The summed E-state index contributed by atoms with van der Waals surface area (Å²) in [6.45, 7) is 3.70. The van der Waals surface area contributed by atoms with E-state index in [9.17, 15) is 14.9 Å². The number of hydrogen-bond acceptors (Lipinski definition) is 6. The van der Waals surface area contributed by atoms with Gasteiger partial charge in [-0.1, -0.05) is 12.1 Å². The number of rotatable bonds is 7. The molecule has 0 aliphatic carbocycles. The van der Waals surface area contributed by atoms with Crippen molar-refractivity contribution in [2.75, 3.05) is 6.61 Å². The molecule has 1 heterocycles. The fourth-order valence-electron chi connectivity index (χ4n) is 2.53. The minimum Gasteiger partial charge on any atom is -0.483 e. The molecule has 148 valence electrons. The lowest BCUT2D eigenvalue weighted by atomic mass is 10.1. The van der Waals surface area contributed by atoms with Crippen LogP contribution in [0.4, 0.5) is 5.69 Å². The summed E-state index contributed by atoms with van der Waals surface area (Å²) >= 11 is 0. The van der Waals surface area contributed by atoms with E-state index in [0.717, 1.165) is 11.1 Å². The van der Waals surface area contributed by atoms with Crippen molar-refractivity contribution < 1.29 is 18.9 Å². The van der Waals surface area contributed by atoms with Gasteiger partial charge in [-0.15, -0.1) is 0 Å². The second-order valence-corrected chi connectivity index (χ2v) is 6.36. The van der Waals surface area contributed by atoms with Crippen molar-refractivity contribution in [1.29, 1.82) is 0 Å². The number of amides is 1. The fourth-order valence-corrected chi connectivity index (χ4v) is 2.53. The molecule has 0 unspecified atom stereocenters. The summed E-state index contributed by atoms with van der Waals surface area (Å²) in [5.74, 6) is 1.22. The number of nitro benzene ring substituents is 1. The highest BCUT2D eigenvalue weighted by Crippen LogP contribution is 2.24. The molecule has 0 bridgehead atoms. The van der Waals surface area contributed by atoms with E-state index < -0.39 is 10.8 Å². The topological polar surface area (TPSA) is 107 Å². The van der Waals surface area contributed by atoms with Crippen molar-refractivity contribution in [3.8, 4) is 17.1 Å². The van der Waals surface area contributed by atoms with Gasteiger partial charge in [0.1, 0.15) is 17.3 Å². The van der Waals surface area contributed by atoms with Gasteiger partial charge in [0, 0.05) is 17.7 Å². The first-order valence-electron chi connectivity index (χ1n) is 8.79. The summed E-state index contributed by atoms with van der Waals surface area (Å²) in [6.07, 6.45) is 1.37. The minimum absolute atomic E-state index is 0.00730. The molecule has 1 amide bonds. The fraction of sp³-hybridized carbons (Fsp3) is 0.143. The highest BCUT2D eigenvalue weighted by molar-refractivity contribution is 5.81. The lowest BCUT2D eigenvalue weighted by molar-refractivity contribution is -0.384. The summed E-state index contributed by atoms with van der Waals surface area (Å²) in [5.41, 5.74) is 5.07. The molecule has 0 aliphatic heterocycles. The first-order valence-corrected chi connectivity index (χ1v) is 8.79. The van der Waals surface area contributed by atoms with Crippen LogP contribution in [-0.4, -0.2) is 23.7 Å². The van der Waals surface area contributed by atoms with Gasteiger partial charge in [0.2, 0.25) is 0 Å². The van der Waals surface area contributed by atoms with E-state index >= 15 is 0 Å². The molecule has 0 saturated carbocycles. The molecule has 1 N–H and O–H groups in total. The number of carbonyl (C=O) groups is 1. The Bertz CT molecular complexity index is 1050. The molecule has 3 aromatic rings. The number of non-ortho nitro benzene ring substituents is 1. The van der Waals surface area contributed by atoms with Crippen molar-refractivity contribution in [2.45, 2.75) is 13.8 Å². The Labute approximate surface area is 167 Å². The molecule has 29 heavy (non-hydrogen) atoms. The van der Waals surface area contributed by atoms with Gasteiger partial charge in [0.05, 0.1) is 11.1 Å².